The highest BCUT2D eigenvalue weighted by atomic mass is 14.4. The van der Waals surface area contributed by atoms with E-state index in [4.69, 9.17) is 0 Å². The normalized spacial score (nSPS) is 42.9. The van der Waals surface area contributed by atoms with E-state index in [2.05, 4.69) is 27.7 Å². The molecule has 0 saturated heterocycles. The Bertz CT molecular complexity index is 481. The van der Waals surface area contributed by atoms with Crippen molar-refractivity contribution in [2.24, 2.45) is 71.0 Å². The Kier molecular flexibility index (Phi) is 19.8. The van der Waals surface area contributed by atoms with E-state index in [-0.39, 0.29) is 0 Å². The van der Waals surface area contributed by atoms with Gasteiger partial charge in [0.25, 0.3) is 0 Å². The van der Waals surface area contributed by atoms with Crippen molar-refractivity contribution in [3.8, 4) is 0 Å². The molecule has 240 valence electrons. The summed E-state index contributed by atoms with van der Waals surface area (Å²) in [6.45, 7) is 25.7. The molecule has 0 N–H and O–H groups in total. The summed E-state index contributed by atoms with van der Waals surface area (Å²) in [7, 11) is 0. The first kappa shape index (κ1) is 38.0. The first-order chi connectivity index (χ1) is 19.4. The summed E-state index contributed by atoms with van der Waals surface area (Å²) in [5.41, 5.74) is 0. The van der Waals surface area contributed by atoms with Gasteiger partial charge in [-0.1, -0.05) is 109 Å². The maximum atomic E-state index is 2.42. The second kappa shape index (κ2) is 20.8. The molecule has 0 radical (unpaired) electrons. The molecule has 0 aromatic rings. The largest absolute Gasteiger partial charge is 0.0683 e. The molecule has 8 bridgehead atoms. The lowest BCUT2D eigenvalue weighted by molar-refractivity contribution is 0.360. The molecule has 12 atom stereocenters. The Hall–Kier alpha value is 0. The van der Waals surface area contributed by atoms with Gasteiger partial charge in [0, 0.05) is 0 Å². The van der Waals surface area contributed by atoms with Crippen molar-refractivity contribution < 1.29 is 0 Å². The maximum Gasteiger partial charge on any atom is -0.0386 e. The fraction of sp³-hybridized carbons (Fsp3) is 1.00. The van der Waals surface area contributed by atoms with Crippen LogP contribution in [0.1, 0.15) is 186 Å². The van der Waals surface area contributed by atoms with Gasteiger partial charge in [-0.3, -0.25) is 0 Å². The molecule has 0 aromatic carbocycles. The Balaban J connectivity index is 0.000000246. The van der Waals surface area contributed by atoms with Crippen LogP contribution in [0.15, 0.2) is 0 Å². The van der Waals surface area contributed by atoms with Crippen LogP contribution in [0.4, 0.5) is 0 Å². The van der Waals surface area contributed by atoms with Gasteiger partial charge in [-0.05, 0) is 148 Å². The van der Waals surface area contributed by atoms with Crippen LogP contribution in [0.2, 0.25) is 0 Å². The summed E-state index contributed by atoms with van der Waals surface area (Å²) in [5, 5.41) is 0. The maximum absolute atomic E-state index is 2.42. The van der Waals surface area contributed by atoms with Crippen LogP contribution in [-0.4, -0.2) is 0 Å². The third kappa shape index (κ3) is 11.3. The van der Waals surface area contributed by atoms with Crippen LogP contribution in [0.3, 0.4) is 0 Å². The predicted octanol–water partition coefficient (Wildman–Crippen LogP) is 13.9. The molecular formula is C40H80. The van der Waals surface area contributed by atoms with Gasteiger partial charge in [-0.2, -0.15) is 0 Å². The predicted molar refractivity (Wildman–Crippen MR) is 184 cm³/mol. The number of rotatable bonds is 0. The third-order valence-corrected chi connectivity index (χ3v) is 12.4. The van der Waals surface area contributed by atoms with Crippen LogP contribution in [0.5, 0.6) is 0 Å². The molecule has 8 aliphatic carbocycles. The quantitative estimate of drug-likeness (QED) is 0.276. The van der Waals surface area contributed by atoms with E-state index in [0.29, 0.717) is 0 Å². The fourth-order valence-electron chi connectivity index (χ4n) is 10.3. The Morgan fingerprint density at radius 3 is 0.475 bits per heavy atom. The molecule has 0 heteroatoms. The summed E-state index contributed by atoms with van der Waals surface area (Å²) in [6, 6.07) is 0. The molecule has 0 heterocycles. The molecule has 8 fully saturated rings. The van der Waals surface area contributed by atoms with E-state index in [1.807, 2.05) is 55.4 Å². The molecule has 8 rings (SSSR count). The molecule has 0 unspecified atom stereocenters. The van der Waals surface area contributed by atoms with Crippen molar-refractivity contribution in [3.05, 3.63) is 0 Å². The van der Waals surface area contributed by atoms with E-state index < -0.39 is 0 Å². The van der Waals surface area contributed by atoms with Gasteiger partial charge in [0.2, 0.25) is 0 Å². The van der Waals surface area contributed by atoms with Gasteiger partial charge in [0.05, 0.1) is 0 Å². The van der Waals surface area contributed by atoms with Crippen LogP contribution >= 0.6 is 0 Å². The SMILES string of the molecule is CC.CC.CC.CC.C[C@@H]1C[C@@H]2CC[C@H]1C2.C[C@@H]1C[C@H]2CC[C@@H]1C2.C[C@H]1C[C@@H]2CC[C@H]1C2.C[C@H]1C[C@H]2CC[C@@H]1C2. The molecule has 0 amide bonds. The first-order valence-electron chi connectivity index (χ1n) is 19.4. The summed E-state index contributed by atoms with van der Waals surface area (Å²) >= 11 is 0. The number of fused-ring (bicyclic) bond motifs is 8. The fourth-order valence-corrected chi connectivity index (χ4v) is 10.3. The second-order valence-corrected chi connectivity index (χ2v) is 14.6. The highest BCUT2D eigenvalue weighted by Gasteiger charge is 2.38. The summed E-state index contributed by atoms with van der Waals surface area (Å²) in [6.07, 6.45) is 24.9. The smallest absolute Gasteiger partial charge is 0.0386 e. The average molecular weight is 561 g/mol. The van der Waals surface area contributed by atoms with Crippen LogP contribution in [0, 0.1) is 71.0 Å². The third-order valence-electron chi connectivity index (χ3n) is 12.4. The Morgan fingerprint density at radius 1 is 0.250 bits per heavy atom. The van der Waals surface area contributed by atoms with Gasteiger partial charge in [0.15, 0.2) is 0 Å². The summed E-state index contributed by atoms with van der Waals surface area (Å²) < 4.78 is 0. The first-order valence-corrected chi connectivity index (χ1v) is 19.4. The number of hydrogen-bond acceptors (Lipinski definition) is 0. The monoisotopic (exact) mass is 561 g/mol. The van der Waals surface area contributed by atoms with E-state index in [1.54, 1.807) is 103 Å². The minimum Gasteiger partial charge on any atom is -0.0683 e. The zero-order valence-electron chi connectivity index (χ0n) is 30.2. The molecular weight excluding hydrogens is 480 g/mol. The van der Waals surface area contributed by atoms with E-state index in [9.17, 15) is 0 Å². The lowest BCUT2D eigenvalue weighted by Crippen LogP contribution is -2.04. The lowest BCUT2D eigenvalue weighted by atomic mass is 9.91. The van der Waals surface area contributed by atoms with Crippen molar-refractivity contribution in [3.63, 3.8) is 0 Å². The molecule has 8 aliphatic rings. The van der Waals surface area contributed by atoms with Crippen molar-refractivity contribution in [1.29, 1.82) is 0 Å². The minimum atomic E-state index is 1.08. The summed E-state index contributed by atoms with van der Waals surface area (Å²) in [5.74, 6) is 13.5. The zero-order valence-corrected chi connectivity index (χ0v) is 30.2. The lowest BCUT2D eigenvalue weighted by Gasteiger charge is -2.15. The van der Waals surface area contributed by atoms with Crippen molar-refractivity contribution in [2.45, 2.75) is 186 Å². The van der Waals surface area contributed by atoms with Crippen molar-refractivity contribution >= 4 is 0 Å². The highest BCUT2D eigenvalue weighted by Crippen LogP contribution is 2.50. The molecule has 0 aliphatic heterocycles. The van der Waals surface area contributed by atoms with E-state index >= 15 is 0 Å². The molecule has 0 aromatic heterocycles. The van der Waals surface area contributed by atoms with Crippen molar-refractivity contribution in [2.75, 3.05) is 0 Å². The zero-order chi connectivity index (χ0) is 30.2. The second-order valence-electron chi connectivity index (χ2n) is 14.6. The summed E-state index contributed by atoms with van der Waals surface area (Å²) in [4.78, 5) is 0. The molecule has 0 nitrogen and oxygen atoms in total. The van der Waals surface area contributed by atoms with Crippen LogP contribution in [-0.2, 0) is 0 Å². The van der Waals surface area contributed by atoms with E-state index in [0.717, 1.165) is 71.0 Å². The van der Waals surface area contributed by atoms with Crippen LogP contribution < -0.4 is 0 Å². The van der Waals surface area contributed by atoms with Gasteiger partial charge in [0.1, 0.15) is 0 Å². The van der Waals surface area contributed by atoms with Gasteiger partial charge in [-0.25, -0.2) is 0 Å². The van der Waals surface area contributed by atoms with Gasteiger partial charge in [-0.15, -0.1) is 0 Å². The molecule has 8 saturated carbocycles. The molecule has 40 heavy (non-hydrogen) atoms. The minimum absolute atomic E-state index is 1.08. The number of hydrogen-bond donors (Lipinski definition) is 0. The average Bonchev–Trinajstić information content (AvgIpc) is 3.85. The van der Waals surface area contributed by atoms with Crippen LogP contribution in [0.25, 0.3) is 0 Å². The molecule has 0 spiro atoms. The Morgan fingerprint density at radius 2 is 0.425 bits per heavy atom. The van der Waals surface area contributed by atoms with Gasteiger partial charge < -0.3 is 0 Å². The standard InChI is InChI=1S/4C8H14.4C2H6/c4*1-6-4-7-2-3-8(6)5-7;4*1-2/h4*6-8H,2-5H2,1H3;4*1-2H3/t2*6-,7+,8+;2*6-,7-,8-;;;;/m1010..../s1. The highest BCUT2D eigenvalue weighted by molar-refractivity contribution is 4.89. The Labute approximate surface area is 256 Å². The van der Waals surface area contributed by atoms with Gasteiger partial charge >= 0.3 is 0 Å². The van der Waals surface area contributed by atoms with Crippen molar-refractivity contribution in [1.82, 2.24) is 0 Å². The topological polar surface area (TPSA) is 0 Å². The van der Waals surface area contributed by atoms with E-state index in [1.165, 1.54) is 0 Å².